The Morgan fingerprint density at radius 2 is 1.81 bits per heavy atom. The van der Waals surface area contributed by atoms with Gasteiger partial charge in [-0.15, -0.1) is 0 Å². The molecule has 2 aromatic rings. The number of carbonyl (C=O) groups is 1. The molecule has 6 nitrogen and oxygen atoms in total. The van der Waals surface area contributed by atoms with Crippen molar-refractivity contribution in [3.05, 3.63) is 53.9 Å². The van der Waals surface area contributed by atoms with Crippen molar-refractivity contribution in [3.8, 4) is 0 Å². The summed E-state index contributed by atoms with van der Waals surface area (Å²) in [6.45, 7) is 7.10. The monoisotopic (exact) mass is 365 g/mol. The Bertz CT molecular complexity index is 781. The summed E-state index contributed by atoms with van der Waals surface area (Å²) in [5.74, 6) is 1.02. The lowest BCUT2D eigenvalue weighted by molar-refractivity contribution is -0.137. The Balaban J connectivity index is 1.46. The first-order chi connectivity index (χ1) is 13.3. The van der Waals surface area contributed by atoms with Crippen LogP contribution < -0.4 is 4.90 Å². The topological polar surface area (TPSA) is 52.6 Å². The fourth-order valence-corrected chi connectivity index (χ4v) is 4.16. The average molecular weight is 365 g/mol. The summed E-state index contributed by atoms with van der Waals surface area (Å²) in [5, 5.41) is 0. The molecule has 1 saturated heterocycles. The maximum absolute atomic E-state index is 13.4. The second-order valence-corrected chi connectivity index (χ2v) is 7.27. The summed E-state index contributed by atoms with van der Waals surface area (Å²) in [6.07, 6.45) is 5.30. The molecule has 3 heterocycles. The Morgan fingerprint density at radius 3 is 2.59 bits per heavy atom. The van der Waals surface area contributed by atoms with E-state index >= 15 is 0 Å². The first-order valence-corrected chi connectivity index (χ1v) is 9.88. The normalized spacial score (nSPS) is 20.9. The number of carbonyl (C=O) groups excluding carboxylic acids is 1. The van der Waals surface area contributed by atoms with Gasteiger partial charge in [-0.1, -0.05) is 31.2 Å². The van der Waals surface area contributed by atoms with Crippen LogP contribution in [0.15, 0.2) is 42.7 Å². The van der Waals surface area contributed by atoms with Gasteiger partial charge in [0.25, 0.3) is 0 Å². The van der Waals surface area contributed by atoms with Gasteiger partial charge in [0.2, 0.25) is 11.9 Å². The molecule has 2 aliphatic rings. The minimum atomic E-state index is -0.0515. The van der Waals surface area contributed by atoms with Crippen molar-refractivity contribution in [2.75, 3.05) is 37.6 Å². The number of amides is 1. The van der Waals surface area contributed by atoms with Crippen LogP contribution in [0.5, 0.6) is 0 Å². The molecule has 0 spiro atoms. The minimum absolute atomic E-state index is 0.0515. The van der Waals surface area contributed by atoms with E-state index in [-0.39, 0.29) is 11.9 Å². The van der Waals surface area contributed by atoms with Crippen LogP contribution in [-0.4, -0.2) is 64.4 Å². The van der Waals surface area contributed by atoms with Gasteiger partial charge in [0.15, 0.2) is 0 Å². The highest BCUT2D eigenvalue weighted by Gasteiger charge is 2.34. The molecular formula is C21H27N5O. The van der Waals surface area contributed by atoms with Crippen LogP contribution in [-0.2, 0) is 17.8 Å². The van der Waals surface area contributed by atoms with Gasteiger partial charge in [-0.2, -0.15) is 0 Å². The lowest BCUT2D eigenvalue weighted by atomic mass is 9.93. The smallest absolute Gasteiger partial charge is 0.240 e. The molecule has 0 bridgehead atoms. The summed E-state index contributed by atoms with van der Waals surface area (Å²) >= 11 is 0. The predicted octanol–water partition coefficient (Wildman–Crippen LogP) is 1.96. The molecule has 27 heavy (non-hydrogen) atoms. The maximum Gasteiger partial charge on any atom is 0.240 e. The van der Waals surface area contributed by atoms with Gasteiger partial charge in [-0.05, 0) is 36.6 Å². The molecule has 4 rings (SSSR count). The number of fused-ring (bicyclic) bond motifs is 1. The lowest BCUT2D eigenvalue weighted by Gasteiger charge is -2.37. The number of rotatable bonds is 3. The molecule has 0 radical (unpaired) electrons. The second kappa shape index (κ2) is 8.05. The SMILES string of the molecule is CCN1Cc2ccccc2C[C@@H]1C(=O)N1CCCN(c2ncccn2)CC1. The van der Waals surface area contributed by atoms with E-state index in [0.717, 1.165) is 58.1 Å². The van der Waals surface area contributed by atoms with E-state index in [9.17, 15) is 4.79 Å². The first kappa shape index (κ1) is 17.9. The second-order valence-electron chi connectivity index (χ2n) is 7.27. The highest BCUT2D eigenvalue weighted by molar-refractivity contribution is 5.82. The van der Waals surface area contributed by atoms with Gasteiger partial charge in [-0.3, -0.25) is 9.69 Å². The van der Waals surface area contributed by atoms with Gasteiger partial charge in [0.05, 0.1) is 6.04 Å². The van der Waals surface area contributed by atoms with E-state index in [1.54, 1.807) is 12.4 Å². The number of nitrogens with zero attached hydrogens (tertiary/aromatic N) is 5. The van der Waals surface area contributed by atoms with E-state index < -0.39 is 0 Å². The number of benzene rings is 1. The van der Waals surface area contributed by atoms with Gasteiger partial charge in [-0.25, -0.2) is 9.97 Å². The summed E-state index contributed by atoms with van der Waals surface area (Å²) in [7, 11) is 0. The van der Waals surface area contributed by atoms with E-state index in [4.69, 9.17) is 0 Å². The zero-order valence-electron chi connectivity index (χ0n) is 15.9. The molecule has 0 aliphatic carbocycles. The predicted molar refractivity (Wildman–Crippen MR) is 105 cm³/mol. The summed E-state index contributed by atoms with van der Waals surface area (Å²) in [5.41, 5.74) is 2.67. The van der Waals surface area contributed by atoms with Gasteiger partial charge in [0.1, 0.15) is 0 Å². The zero-order valence-corrected chi connectivity index (χ0v) is 15.9. The molecule has 2 aliphatic heterocycles. The van der Waals surface area contributed by atoms with E-state index in [2.05, 4.69) is 51.0 Å². The number of aromatic nitrogens is 2. The average Bonchev–Trinajstić information content (AvgIpc) is 2.99. The highest BCUT2D eigenvalue weighted by Crippen LogP contribution is 2.24. The van der Waals surface area contributed by atoms with Crippen molar-refractivity contribution in [1.82, 2.24) is 19.8 Å². The lowest BCUT2D eigenvalue weighted by Crippen LogP contribution is -2.52. The third kappa shape index (κ3) is 3.81. The molecule has 1 amide bonds. The standard InChI is InChI=1S/C21H27N5O/c1-2-24-16-18-8-4-3-7-17(18)15-19(24)20(27)25-11-6-12-26(14-13-25)21-22-9-5-10-23-21/h3-5,7-10,19H,2,6,11-16H2,1H3/t19-/m1/s1. The van der Waals surface area contributed by atoms with Crippen LogP contribution in [0, 0.1) is 0 Å². The molecule has 1 fully saturated rings. The van der Waals surface area contributed by atoms with E-state index in [1.807, 2.05) is 11.0 Å². The van der Waals surface area contributed by atoms with Crippen LogP contribution in [0.2, 0.25) is 0 Å². The van der Waals surface area contributed by atoms with Crippen molar-refractivity contribution in [2.24, 2.45) is 0 Å². The van der Waals surface area contributed by atoms with E-state index in [0.29, 0.717) is 0 Å². The molecule has 6 heteroatoms. The van der Waals surface area contributed by atoms with Gasteiger partial charge in [0, 0.05) is 45.1 Å². The number of hydrogen-bond acceptors (Lipinski definition) is 5. The number of anilines is 1. The first-order valence-electron chi connectivity index (χ1n) is 9.88. The van der Waals surface area contributed by atoms with Crippen LogP contribution >= 0.6 is 0 Å². The minimum Gasteiger partial charge on any atom is -0.339 e. The fourth-order valence-electron chi connectivity index (χ4n) is 4.16. The van der Waals surface area contributed by atoms with Crippen molar-refractivity contribution in [2.45, 2.75) is 32.4 Å². The number of hydrogen-bond donors (Lipinski definition) is 0. The fraction of sp³-hybridized carbons (Fsp3) is 0.476. The van der Waals surface area contributed by atoms with Crippen LogP contribution in [0.1, 0.15) is 24.5 Å². The quantitative estimate of drug-likeness (QED) is 0.832. The Labute approximate surface area is 160 Å². The zero-order chi connectivity index (χ0) is 18.6. The van der Waals surface area contributed by atoms with Crippen LogP contribution in [0.3, 0.4) is 0 Å². The molecule has 1 aromatic carbocycles. The summed E-state index contributed by atoms with van der Waals surface area (Å²) in [4.78, 5) is 28.6. The molecular weight excluding hydrogens is 338 g/mol. The maximum atomic E-state index is 13.4. The Hall–Kier alpha value is -2.47. The van der Waals surface area contributed by atoms with Gasteiger partial charge < -0.3 is 9.80 Å². The highest BCUT2D eigenvalue weighted by atomic mass is 16.2. The molecule has 142 valence electrons. The Kier molecular flexibility index (Phi) is 5.34. The molecule has 1 atom stereocenters. The van der Waals surface area contributed by atoms with Crippen molar-refractivity contribution in [1.29, 1.82) is 0 Å². The van der Waals surface area contributed by atoms with Crippen LogP contribution in [0.25, 0.3) is 0 Å². The molecule has 0 saturated carbocycles. The third-order valence-corrected chi connectivity index (χ3v) is 5.68. The van der Waals surface area contributed by atoms with E-state index in [1.165, 1.54) is 11.1 Å². The van der Waals surface area contributed by atoms with Crippen molar-refractivity contribution >= 4 is 11.9 Å². The Morgan fingerprint density at radius 1 is 1.04 bits per heavy atom. The van der Waals surface area contributed by atoms with Crippen LogP contribution in [0.4, 0.5) is 5.95 Å². The molecule has 1 aromatic heterocycles. The summed E-state index contributed by atoms with van der Waals surface area (Å²) < 4.78 is 0. The van der Waals surface area contributed by atoms with Crippen molar-refractivity contribution < 1.29 is 4.79 Å². The molecule has 0 N–H and O–H groups in total. The third-order valence-electron chi connectivity index (χ3n) is 5.68. The number of likely N-dealkylation sites (N-methyl/N-ethyl adjacent to an activating group) is 1. The largest absolute Gasteiger partial charge is 0.339 e. The summed E-state index contributed by atoms with van der Waals surface area (Å²) in [6, 6.07) is 10.3. The van der Waals surface area contributed by atoms with Gasteiger partial charge >= 0.3 is 0 Å². The van der Waals surface area contributed by atoms with Crippen molar-refractivity contribution in [3.63, 3.8) is 0 Å². The molecule has 0 unspecified atom stereocenters.